The summed E-state index contributed by atoms with van der Waals surface area (Å²) in [5.74, 6) is 0. The molecule has 1 radical (unpaired) electrons. The highest BCUT2D eigenvalue weighted by molar-refractivity contribution is 4.83. The van der Waals surface area contributed by atoms with E-state index in [1.54, 1.807) is 0 Å². The van der Waals surface area contributed by atoms with E-state index in [9.17, 15) is 0 Å². The van der Waals surface area contributed by atoms with Crippen LogP contribution in [-0.2, 0) is 0 Å². The van der Waals surface area contributed by atoms with Crippen molar-refractivity contribution >= 4 is 0 Å². The smallest absolute Gasteiger partial charge is 0.0316 e. The third kappa shape index (κ3) is 15.5. The van der Waals surface area contributed by atoms with Gasteiger partial charge < -0.3 is 0 Å². The van der Waals surface area contributed by atoms with Gasteiger partial charge in [0.15, 0.2) is 0 Å². The molecule has 0 aromatic rings. The molecule has 0 aliphatic heterocycles. The van der Waals surface area contributed by atoms with Crippen molar-refractivity contribution in [1.29, 1.82) is 0 Å². The van der Waals surface area contributed by atoms with Gasteiger partial charge in [-0.3, -0.25) is 0 Å². The number of hydrogen-bond acceptors (Lipinski definition) is 0. The predicted molar refractivity (Wildman–Crippen MR) is 80.1 cm³/mol. The lowest BCUT2D eigenvalue weighted by Crippen LogP contribution is -1.78. The predicted octanol–water partition coefficient (Wildman–Crippen LogP) is 6.24. The summed E-state index contributed by atoms with van der Waals surface area (Å²) in [6.45, 7) is 5.95. The topological polar surface area (TPSA) is 0 Å². The fourth-order valence-corrected chi connectivity index (χ4v) is 1.92. The largest absolute Gasteiger partial charge is 0.0885 e. The lowest BCUT2D eigenvalue weighted by Gasteiger charge is -1.98. The molecule has 0 heteroatoms. The van der Waals surface area contributed by atoms with Gasteiger partial charge in [-0.2, -0.15) is 0 Å². The molecule has 0 rings (SSSR count). The number of unbranched alkanes of at least 4 members (excludes halogenated alkanes) is 9. The molecule has 0 heterocycles. The maximum absolute atomic E-state index is 3.69. The Morgan fingerprint density at radius 1 is 0.647 bits per heavy atom. The molecule has 0 aliphatic rings. The molecule has 0 aromatic heterocycles. The van der Waals surface area contributed by atoms with E-state index in [1.807, 2.05) is 6.08 Å². The Labute approximate surface area is 109 Å². The fourth-order valence-electron chi connectivity index (χ4n) is 1.92. The molecule has 99 valence electrons. The first-order valence-corrected chi connectivity index (χ1v) is 7.51. The van der Waals surface area contributed by atoms with Crippen molar-refractivity contribution in [3.8, 4) is 0 Å². The molecule has 0 aromatic carbocycles. The summed E-state index contributed by atoms with van der Waals surface area (Å²) >= 11 is 0. The summed E-state index contributed by atoms with van der Waals surface area (Å²) in [6, 6.07) is 0. The third-order valence-corrected chi connectivity index (χ3v) is 3.05. The van der Waals surface area contributed by atoms with Crippen molar-refractivity contribution < 1.29 is 0 Å². The van der Waals surface area contributed by atoms with Gasteiger partial charge in [-0.25, -0.2) is 0 Å². The van der Waals surface area contributed by atoms with Gasteiger partial charge in [0.1, 0.15) is 0 Å². The van der Waals surface area contributed by atoms with Crippen molar-refractivity contribution in [3.05, 3.63) is 31.2 Å². The highest BCUT2D eigenvalue weighted by Crippen LogP contribution is 2.08. The Morgan fingerprint density at radius 3 is 1.65 bits per heavy atom. The number of rotatable bonds is 12. The fraction of sp³-hybridized carbons (Fsp3) is 0.706. The van der Waals surface area contributed by atoms with E-state index < -0.39 is 0 Å². The van der Waals surface area contributed by atoms with Crippen molar-refractivity contribution in [1.82, 2.24) is 0 Å². The minimum Gasteiger partial charge on any atom is -0.0885 e. The minimum atomic E-state index is 1.21. The van der Waals surface area contributed by atoms with Crippen LogP contribution in [0.2, 0.25) is 0 Å². The average molecular weight is 235 g/mol. The van der Waals surface area contributed by atoms with Crippen LogP contribution >= 0.6 is 0 Å². The van der Waals surface area contributed by atoms with Crippen LogP contribution in [0.15, 0.2) is 24.3 Å². The normalized spacial score (nSPS) is 11.9. The first kappa shape index (κ1) is 16.5. The monoisotopic (exact) mass is 235 g/mol. The molecule has 17 heavy (non-hydrogen) atoms. The second-order valence-corrected chi connectivity index (χ2v) is 4.78. The molecule has 0 nitrogen and oxygen atoms in total. The van der Waals surface area contributed by atoms with Crippen molar-refractivity contribution in [2.24, 2.45) is 0 Å². The Bertz CT molecular complexity index is 176. The summed E-state index contributed by atoms with van der Waals surface area (Å²) in [7, 11) is 0. The second-order valence-electron chi connectivity index (χ2n) is 4.78. The van der Waals surface area contributed by atoms with Crippen molar-refractivity contribution in [2.45, 2.75) is 77.6 Å². The first-order chi connectivity index (χ1) is 8.41. The maximum atomic E-state index is 3.69. The summed E-state index contributed by atoms with van der Waals surface area (Å²) < 4.78 is 0. The first-order valence-electron chi connectivity index (χ1n) is 7.51. The van der Waals surface area contributed by atoms with Gasteiger partial charge in [-0.15, -0.1) is 0 Å². The highest BCUT2D eigenvalue weighted by atomic mass is 13.9. The lowest BCUT2D eigenvalue weighted by molar-refractivity contribution is 0.621. The zero-order valence-electron chi connectivity index (χ0n) is 11.8. The molecule has 0 unspecified atom stereocenters. The molecule has 0 bridgehead atoms. The van der Waals surface area contributed by atoms with Crippen LogP contribution < -0.4 is 0 Å². The molecular formula is C17H31. The third-order valence-electron chi connectivity index (χ3n) is 3.05. The summed E-state index contributed by atoms with van der Waals surface area (Å²) in [5, 5.41) is 0. The van der Waals surface area contributed by atoms with Gasteiger partial charge in [0.05, 0.1) is 0 Å². The molecule has 0 aliphatic carbocycles. The Morgan fingerprint density at radius 2 is 1.12 bits per heavy atom. The Kier molecular flexibility index (Phi) is 15.0. The molecule has 0 atom stereocenters. The summed E-state index contributed by atoms with van der Waals surface area (Å²) in [6.07, 6.45) is 23.5. The van der Waals surface area contributed by atoms with E-state index in [4.69, 9.17) is 0 Å². The van der Waals surface area contributed by atoms with Crippen LogP contribution in [0.3, 0.4) is 0 Å². The highest BCUT2D eigenvalue weighted by Gasteiger charge is 1.88. The van der Waals surface area contributed by atoms with Gasteiger partial charge in [0, 0.05) is 0 Å². The van der Waals surface area contributed by atoms with Crippen LogP contribution in [0.4, 0.5) is 0 Å². The molecule has 0 saturated carbocycles. The van der Waals surface area contributed by atoms with Crippen LogP contribution in [-0.4, -0.2) is 0 Å². The zero-order valence-corrected chi connectivity index (χ0v) is 11.8. The second kappa shape index (κ2) is 15.5. The SMILES string of the molecule is [CH2]C=CCCCCCCCC=CCCCCC. The van der Waals surface area contributed by atoms with Crippen molar-refractivity contribution in [3.63, 3.8) is 0 Å². The average Bonchev–Trinajstić information content (AvgIpc) is 2.35. The number of allylic oxidation sites excluding steroid dienone is 4. The Hall–Kier alpha value is -0.520. The van der Waals surface area contributed by atoms with Crippen LogP contribution in [0.25, 0.3) is 0 Å². The van der Waals surface area contributed by atoms with E-state index >= 15 is 0 Å². The van der Waals surface area contributed by atoms with Crippen molar-refractivity contribution in [2.75, 3.05) is 0 Å². The number of hydrogen-bond donors (Lipinski definition) is 0. The van der Waals surface area contributed by atoms with Gasteiger partial charge in [0.25, 0.3) is 0 Å². The van der Waals surface area contributed by atoms with Crippen LogP contribution in [0.1, 0.15) is 77.6 Å². The van der Waals surface area contributed by atoms with E-state index in [-0.39, 0.29) is 0 Å². The van der Waals surface area contributed by atoms with E-state index in [0.29, 0.717) is 0 Å². The molecule has 0 N–H and O–H groups in total. The molecule has 0 amide bonds. The lowest BCUT2D eigenvalue weighted by atomic mass is 10.1. The van der Waals surface area contributed by atoms with E-state index in [0.717, 1.165) is 0 Å². The summed E-state index contributed by atoms with van der Waals surface area (Å²) in [4.78, 5) is 0. The zero-order chi connectivity index (χ0) is 12.6. The van der Waals surface area contributed by atoms with Gasteiger partial charge in [-0.1, -0.05) is 63.3 Å². The Balaban J connectivity index is 3.02. The standard InChI is InChI=1S/C17H31/c1-3-5-7-9-11-13-15-17-16-14-12-10-8-6-4-2/h3,5,12,14H,1,4,6-11,13,15-17H2,2H3. The van der Waals surface area contributed by atoms with E-state index in [2.05, 4.69) is 32.1 Å². The molecular weight excluding hydrogens is 204 g/mol. The van der Waals surface area contributed by atoms with Gasteiger partial charge in [0.2, 0.25) is 0 Å². The van der Waals surface area contributed by atoms with Crippen LogP contribution in [0.5, 0.6) is 0 Å². The van der Waals surface area contributed by atoms with Gasteiger partial charge in [-0.05, 0) is 45.4 Å². The minimum absolute atomic E-state index is 1.21. The van der Waals surface area contributed by atoms with E-state index in [1.165, 1.54) is 70.6 Å². The summed E-state index contributed by atoms with van der Waals surface area (Å²) in [5.41, 5.74) is 0. The molecule has 0 spiro atoms. The quantitative estimate of drug-likeness (QED) is 0.277. The maximum Gasteiger partial charge on any atom is -0.0316 e. The van der Waals surface area contributed by atoms with Crippen LogP contribution in [0, 0.1) is 6.92 Å². The van der Waals surface area contributed by atoms with Gasteiger partial charge >= 0.3 is 0 Å². The molecule has 0 saturated heterocycles. The molecule has 0 fully saturated rings.